The lowest BCUT2D eigenvalue weighted by molar-refractivity contribution is 0.0874. The van der Waals surface area contributed by atoms with Gasteiger partial charge >= 0.3 is 0 Å². The summed E-state index contributed by atoms with van der Waals surface area (Å²) in [6.45, 7) is 1.87. The van der Waals surface area contributed by atoms with Gasteiger partial charge in [-0.25, -0.2) is 0 Å². The molecule has 2 bridgehead atoms. The van der Waals surface area contributed by atoms with Gasteiger partial charge in [-0.2, -0.15) is 0 Å². The highest BCUT2D eigenvalue weighted by molar-refractivity contribution is 4.89. The zero-order valence-electron chi connectivity index (χ0n) is 7.70. The molecule has 2 heteroatoms. The van der Waals surface area contributed by atoms with Crippen LogP contribution < -0.4 is 0 Å². The van der Waals surface area contributed by atoms with Crippen LogP contribution in [0.1, 0.15) is 39.0 Å². The minimum atomic E-state index is -0.135. The van der Waals surface area contributed by atoms with E-state index in [4.69, 9.17) is 9.84 Å². The summed E-state index contributed by atoms with van der Waals surface area (Å²) in [6, 6.07) is 0. The first kappa shape index (κ1) is 8.52. The second-order valence-electron chi connectivity index (χ2n) is 4.30. The molecule has 2 saturated heterocycles. The molecule has 2 fully saturated rings. The van der Waals surface area contributed by atoms with Crippen LogP contribution in [0.3, 0.4) is 0 Å². The second kappa shape index (κ2) is 3.35. The Morgan fingerprint density at radius 2 is 2.33 bits per heavy atom. The lowest BCUT2D eigenvalue weighted by Crippen LogP contribution is -2.17. The van der Waals surface area contributed by atoms with Crippen LogP contribution in [-0.4, -0.2) is 23.4 Å². The molecule has 12 heavy (non-hydrogen) atoms. The molecule has 2 rings (SSSR count). The lowest BCUT2D eigenvalue weighted by Gasteiger charge is -2.18. The quantitative estimate of drug-likeness (QED) is 0.698. The number of ether oxygens (including phenoxy) is 1. The zero-order valence-corrected chi connectivity index (χ0v) is 7.70. The Balaban J connectivity index is 1.76. The lowest BCUT2D eigenvalue weighted by atomic mass is 9.85. The summed E-state index contributed by atoms with van der Waals surface area (Å²) in [6.07, 6.45) is 6.84. The van der Waals surface area contributed by atoms with Gasteiger partial charge in [-0.05, 0) is 44.9 Å². The maximum atomic E-state index is 9.14. The van der Waals surface area contributed by atoms with E-state index < -0.39 is 0 Å². The zero-order chi connectivity index (χ0) is 8.55. The Hall–Kier alpha value is -0.0800. The fourth-order valence-corrected chi connectivity index (χ4v) is 2.50. The Bertz CT molecular complexity index is 156. The third kappa shape index (κ3) is 1.64. The molecule has 0 aromatic rings. The Kier molecular flexibility index (Phi) is 2.37. The van der Waals surface area contributed by atoms with E-state index in [1.807, 2.05) is 6.92 Å². The molecule has 2 nitrogen and oxygen atoms in total. The number of hydrogen-bond acceptors (Lipinski definition) is 2. The molecule has 70 valence electrons. The number of fused-ring (bicyclic) bond motifs is 2. The summed E-state index contributed by atoms with van der Waals surface area (Å²) < 4.78 is 5.74. The van der Waals surface area contributed by atoms with Crippen LogP contribution >= 0.6 is 0 Å². The Labute approximate surface area is 73.9 Å². The monoisotopic (exact) mass is 170 g/mol. The van der Waals surface area contributed by atoms with Crippen LogP contribution in [0, 0.1) is 5.92 Å². The number of rotatable bonds is 3. The van der Waals surface area contributed by atoms with Crippen molar-refractivity contribution in [3.63, 3.8) is 0 Å². The van der Waals surface area contributed by atoms with Gasteiger partial charge in [0.2, 0.25) is 0 Å². The van der Waals surface area contributed by atoms with Crippen LogP contribution in [0.5, 0.6) is 0 Å². The summed E-state index contributed by atoms with van der Waals surface area (Å²) in [5.74, 6) is 0.748. The maximum Gasteiger partial charge on any atom is 0.0609 e. The smallest absolute Gasteiger partial charge is 0.0609 e. The second-order valence-corrected chi connectivity index (χ2v) is 4.30. The predicted molar refractivity (Wildman–Crippen MR) is 46.9 cm³/mol. The summed E-state index contributed by atoms with van der Waals surface area (Å²) in [4.78, 5) is 0. The third-order valence-corrected chi connectivity index (χ3v) is 3.19. The topological polar surface area (TPSA) is 29.5 Å². The molecule has 0 aromatic carbocycles. The largest absolute Gasteiger partial charge is 0.393 e. The summed E-state index contributed by atoms with van der Waals surface area (Å²) in [5, 5.41) is 9.14. The fraction of sp³-hybridized carbons (Fsp3) is 1.00. The highest BCUT2D eigenvalue weighted by Gasteiger charge is 2.40. The van der Waals surface area contributed by atoms with Gasteiger partial charge in [-0.1, -0.05) is 0 Å². The highest BCUT2D eigenvalue weighted by Crippen LogP contribution is 2.40. The van der Waals surface area contributed by atoms with Gasteiger partial charge in [0.25, 0.3) is 0 Å². The Morgan fingerprint density at radius 1 is 1.50 bits per heavy atom. The molecule has 0 amide bonds. The standard InChI is InChI=1S/C10H18O2/c1-7(11)2-3-8-6-9-4-5-10(8)12-9/h7-11H,2-6H2,1H3/t7-,8?,9?,10?/m1/s1. The van der Waals surface area contributed by atoms with E-state index >= 15 is 0 Å². The van der Waals surface area contributed by atoms with Crippen LogP contribution in [0.15, 0.2) is 0 Å². The average molecular weight is 170 g/mol. The van der Waals surface area contributed by atoms with Crippen molar-refractivity contribution >= 4 is 0 Å². The van der Waals surface area contributed by atoms with E-state index in [0.717, 1.165) is 18.8 Å². The molecule has 0 aromatic heterocycles. The molecule has 2 aliphatic heterocycles. The predicted octanol–water partition coefficient (Wildman–Crippen LogP) is 1.71. The first-order valence-corrected chi connectivity index (χ1v) is 5.09. The van der Waals surface area contributed by atoms with Gasteiger partial charge < -0.3 is 9.84 Å². The molecule has 1 N–H and O–H groups in total. The third-order valence-electron chi connectivity index (χ3n) is 3.19. The average Bonchev–Trinajstić information content (AvgIpc) is 2.60. The SMILES string of the molecule is C[C@@H](O)CCC1CC2CCC1O2. The van der Waals surface area contributed by atoms with Crippen molar-refractivity contribution in [3.05, 3.63) is 0 Å². The van der Waals surface area contributed by atoms with E-state index in [1.165, 1.54) is 19.3 Å². The molecular weight excluding hydrogens is 152 g/mol. The molecule has 0 radical (unpaired) electrons. The molecular formula is C10H18O2. The minimum absolute atomic E-state index is 0.135. The van der Waals surface area contributed by atoms with Gasteiger partial charge in [0.1, 0.15) is 0 Å². The number of hydrogen-bond donors (Lipinski definition) is 1. The van der Waals surface area contributed by atoms with Crippen LogP contribution in [-0.2, 0) is 4.74 Å². The minimum Gasteiger partial charge on any atom is -0.393 e. The van der Waals surface area contributed by atoms with Crippen LogP contribution in [0.25, 0.3) is 0 Å². The van der Waals surface area contributed by atoms with E-state index in [0.29, 0.717) is 12.2 Å². The first-order chi connectivity index (χ1) is 5.75. The van der Waals surface area contributed by atoms with E-state index in [9.17, 15) is 0 Å². The van der Waals surface area contributed by atoms with Crippen molar-refractivity contribution in [1.82, 2.24) is 0 Å². The highest BCUT2D eigenvalue weighted by atomic mass is 16.5. The summed E-state index contributed by atoms with van der Waals surface area (Å²) in [7, 11) is 0. The van der Waals surface area contributed by atoms with Crippen molar-refractivity contribution < 1.29 is 9.84 Å². The van der Waals surface area contributed by atoms with E-state index in [-0.39, 0.29) is 6.10 Å². The summed E-state index contributed by atoms with van der Waals surface area (Å²) >= 11 is 0. The molecule has 4 atom stereocenters. The first-order valence-electron chi connectivity index (χ1n) is 5.09. The van der Waals surface area contributed by atoms with Gasteiger partial charge in [-0.15, -0.1) is 0 Å². The molecule has 2 aliphatic rings. The number of aliphatic hydroxyl groups is 1. The van der Waals surface area contributed by atoms with Gasteiger partial charge in [0.15, 0.2) is 0 Å². The number of aliphatic hydroxyl groups excluding tert-OH is 1. The molecule has 3 unspecified atom stereocenters. The molecule has 0 saturated carbocycles. The molecule has 0 aliphatic carbocycles. The van der Waals surface area contributed by atoms with Gasteiger partial charge in [0, 0.05) is 0 Å². The van der Waals surface area contributed by atoms with Gasteiger partial charge in [-0.3, -0.25) is 0 Å². The van der Waals surface area contributed by atoms with Crippen molar-refractivity contribution in [3.8, 4) is 0 Å². The van der Waals surface area contributed by atoms with E-state index in [2.05, 4.69) is 0 Å². The van der Waals surface area contributed by atoms with Crippen molar-refractivity contribution in [1.29, 1.82) is 0 Å². The van der Waals surface area contributed by atoms with E-state index in [1.54, 1.807) is 0 Å². The molecule has 0 spiro atoms. The van der Waals surface area contributed by atoms with Crippen LogP contribution in [0.4, 0.5) is 0 Å². The normalized spacial score (nSPS) is 42.0. The van der Waals surface area contributed by atoms with Crippen LogP contribution in [0.2, 0.25) is 0 Å². The Morgan fingerprint density at radius 3 is 2.83 bits per heavy atom. The van der Waals surface area contributed by atoms with Crippen molar-refractivity contribution in [2.75, 3.05) is 0 Å². The van der Waals surface area contributed by atoms with Gasteiger partial charge in [0.05, 0.1) is 18.3 Å². The summed E-state index contributed by atoms with van der Waals surface area (Å²) in [5.41, 5.74) is 0. The maximum absolute atomic E-state index is 9.14. The fourth-order valence-electron chi connectivity index (χ4n) is 2.50. The van der Waals surface area contributed by atoms with Crippen molar-refractivity contribution in [2.45, 2.75) is 57.3 Å². The van der Waals surface area contributed by atoms with Crippen molar-refractivity contribution in [2.24, 2.45) is 5.92 Å². The molecule has 2 heterocycles.